The Hall–Kier alpha value is -2.33. The van der Waals surface area contributed by atoms with E-state index >= 15 is 0 Å². The molecule has 0 aliphatic heterocycles. The number of hydrogen-bond acceptors (Lipinski definition) is 8. The second-order valence-electron chi connectivity index (χ2n) is 7.97. The van der Waals surface area contributed by atoms with Gasteiger partial charge in [-0.3, -0.25) is 14.4 Å². The van der Waals surface area contributed by atoms with Crippen LogP contribution in [0.1, 0.15) is 72.4 Å². The number of hydrogen-bond donors (Lipinski definition) is 1. The minimum atomic E-state index is -0.460. The van der Waals surface area contributed by atoms with E-state index in [0.717, 1.165) is 0 Å². The first kappa shape index (κ1) is 21.4. The lowest BCUT2D eigenvalue weighted by Crippen LogP contribution is -2.30. The largest absolute Gasteiger partial charge is 0.355 e. The molecule has 0 radical (unpaired) electrons. The van der Waals surface area contributed by atoms with E-state index < -0.39 is 10.7 Å². The molecule has 29 heavy (non-hydrogen) atoms. The molecule has 3 aromatic heterocycles. The highest BCUT2D eigenvalue weighted by Gasteiger charge is 2.27. The first-order valence-corrected chi connectivity index (χ1v) is 10.8. The maximum absolute atomic E-state index is 12.9. The Balaban J connectivity index is 1.90. The fraction of sp³-hybridized carbons (Fsp3) is 0.474. The number of nitrogens with zero attached hydrogens (tertiary/aromatic N) is 4. The number of Topliss-reactive ketones (excluding diaryl/α,β-unsaturated/α-hetero) is 2. The van der Waals surface area contributed by atoms with Crippen LogP contribution < -0.4 is 5.56 Å². The summed E-state index contributed by atoms with van der Waals surface area (Å²) in [6.07, 6.45) is 0. The summed E-state index contributed by atoms with van der Waals surface area (Å²) in [5.74, 6) is -0.203. The number of rotatable bonds is 5. The second kappa shape index (κ2) is 7.49. The third-order valence-corrected chi connectivity index (χ3v) is 6.65. The van der Waals surface area contributed by atoms with Gasteiger partial charge < -0.3 is 4.98 Å². The zero-order valence-electron chi connectivity index (χ0n) is 17.4. The van der Waals surface area contributed by atoms with Crippen molar-refractivity contribution >= 4 is 39.6 Å². The van der Waals surface area contributed by atoms with E-state index in [1.807, 2.05) is 20.8 Å². The average molecular weight is 434 g/mol. The van der Waals surface area contributed by atoms with E-state index in [4.69, 9.17) is 0 Å². The molecule has 1 atom stereocenters. The summed E-state index contributed by atoms with van der Waals surface area (Å²) < 4.78 is 1.80. The summed E-state index contributed by atoms with van der Waals surface area (Å²) in [6.45, 7) is 12.5. The van der Waals surface area contributed by atoms with Crippen LogP contribution in [0.3, 0.4) is 0 Å². The summed E-state index contributed by atoms with van der Waals surface area (Å²) >= 11 is 2.47. The zero-order valence-corrected chi connectivity index (χ0v) is 19.0. The van der Waals surface area contributed by atoms with Gasteiger partial charge in [0.25, 0.3) is 5.56 Å². The van der Waals surface area contributed by atoms with Gasteiger partial charge in [0.2, 0.25) is 4.96 Å². The van der Waals surface area contributed by atoms with E-state index in [-0.39, 0.29) is 17.1 Å². The van der Waals surface area contributed by atoms with E-state index in [2.05, 4.69) is 20.3 Å². The van der Waals surface area contributed by atoms with Gasteiger partial charge in [-0.15, -0.1) is 15.3 Å². The van der Waals surface area contributed by atoms with Crippen LogP contribution in [0.5, 0.6) is 0 Å². The lowest BCUT2D eigenvalue weighted by atomic mass is 9.93. The van der Waals surface area contributed by atoms with E-state index in [1.165, 1.54) is 34.5 Å². The van der Waals surface area contributed by atoms with Crippen molar-refractivity contribution < 1.29 is 9.59 Å². The Kier molecular flexibility index (Phi) is 5.52. The molecule has 3 rings (SSSR count). The maximum atomic E-state index is 12.9. The van der Waals surface area contributed by atoms with Crippen LogP contribution in [-0.2, 0) is 5.41 Å². The molecule has 0 aliphatic carbocycles. The van der Waals surface area contributed by atoms with Gasteiger partial charge in [0, 0.05) is 16.7 Å². The molecule has 3 aromatic rings. The molecule has 1 N–H and O–H groups in total. The van der Waals surface area contributed by atoms with Crippen LogP contribution in [-0.4, -0.2) is 41.6 Å². The number of thioether (sulfide) groups is 1. The number of ketones is 2. The van der Waals surface area contributed by atoms with Crippen LogP contribution in [0.15, 0.2) is 9.13 Å². The molecule has 3 heterocycles. The van der Waals surface area contributed by atoms with Gasteiger partial charge in [-0.25, -0.2) is 0 Å². The van der Waals surface area contributed by atoms with Crippen LogP contribution in [0.25, 0.3) is 4.96 Å². The topological polar surface area (TPSA) is 110 Å². The van der Waals surface area contributed by atoms with Gasteiger partial charge in [-0.2, -0.15) is 4.52 Å². The quantitative estimate of drug-likeness (QED) is 0.485. The van der Waals surface area contributed by atoms with Gasteiger partial charge in [0.1, 0.15) is 5.69 Å². The Bertz CT molecular complexity index is 1180. The highest BCUT2D eigenvalue weighted by atomic mass is 32.2. The fourth-order valence-electron chi connectivity index (χ4n) is 3.15. The van der Waals surface area contributed by atoms with Gasteiger partial charge in [-0.05, 0) is 33.3 Å². The van der Waals surface area contributed by atoms with Gasteiger partial charge in [0.15, 0.2) is 15.9 Å². The molecule has 0 amide bonds. The second-order valence-corrected chi connectivity index (χ2v) is 10.5. The predicted octanol–water partition coefficient (Wildman–Crippen LogP) is 3.35. The van der Waals surface area contributed by atoms with Crippen molar-refractivity contribution in [2.24, 2.45) is 0 Å². The molecule has 0 saturated heterocycles. The van der Waals surface area contributed by atoms with Crippen molar-refractivity contribution in [1.82, 2.24) is 24.8 Å². The molecule has 0 aliphatic rings. The number of aromatic amines is 1. The summed E-state index contributed by atoms with van der Waals surface area (Å²) in [4.78, 5) is 40.9. The van der Waals surface area contributed by atoms with Crippen molar-refractivity contribution in [1.29, 1.82) is 0 Å². The first-order valence-electron chi connectivity index (χ1n) is 9.09. The molecule has 8 nitrogen and oxygen atoms in total. The van der Waals surface area contributed by atoms with Crippen molar-refractivity contribution in [3.05, 3.63) is 38.6 Å². The van der Waals surface area contributed by atoms with Crippen LogP contribution in [0, 0.1) is 13.8 Å². The molecular formula is C19H23N5O3S2. The molecular weight excluding hydrogens is 410 g/mol. The fourth-order valence-corrected chi connectivity index (χ4v) is 5.22. The van der Waals surface area contributed by atoms with Crippen molar-refractivity contribution in [3.63, 3.8) is 0 Å². The molecule has 0 unspecified atom stereocenters. The minimum absolute atomic E-state index is 0.0746. The SMILES string of the molecule is CC(=O)c1c(C)[nH]c(C(=O)[C@@H](C)Sc2nn3c(=O)c(C(C)(C)C)nnc3s2)c1C. The molecule has 154 valence electrons. The van der Waals surface area contributed by atoms with Gasteiger partial charge in [-0.1, -0.05) is 43.9 Å². The highest BCUT2D eigenvalue weighted by Crippen LogP contribution is 2.30. The summed E-state index contributed by atoms with van der Waals surface area (Å²) in [6, 6.07) is 0. The third-order valence-electron chi connectivity index (χ3n) is 4.57. The zero-order chi connectivity index (χ0) is 21.7. The molecule has 0 aromatic carbocycles. The van der Waals surface area contributed by atoms with Crippen molar-refractivity contribution in [2.75, 3.05) is 0 Å². The van der Waals surface area contributed by atoms with Crippen LogP contribution in [0.2, 0.25) is 0 Å². The number of carbonyl (C=O) groups is 2. The smallest absolute Gasteiger partial charge is 0.297 e. The third kappa shape index (κ3) is 3.91. The lowest BCUT2D eigenvalue weighted by molar-refractivity contribution is 0.0988. The van der Waals surface area contributed by atoms with Crippen LogP contribution >= 0.6 is 23.1 Å². The number of aromatic nitrogens is 5. The van der Waals surface area contributed by atoms with Gasteiger partial charge >= 0.3 is 0 Å². The Labute approximate surface area is 176 Å². The first-order chi connectivity index (χ1) is 13.4. The lowest BCUT2D eigenvalue weighted by Gasteiger charge is -2.14. The average Bonchev–Trinajstić information content (AvgIpc) is 3.13. The highest BCUT2D eigenvalue weighted by molar-refractivity contribution is 8.02. The minimum Gasteiger partial charge on any atom is -0.355 e. The number of fused-ring (bicyclic) bond motifs is 1. The van der Waals surface area contributed by atoms with E-state index in [0.29, 0.717) is 37.5 Å². The Morgan fingerprint density at radius 1 is 1.21 bits per heavy atom. The Morgan fingerprint density at radius 3 is 2.41 bits per heavy atom. The molecule has 0 fully saturated rings. The Morgan fingerprint density at radius 2 is 1.86 bits per heavy atom. The number of carbonyl (C=O) groups excluding carboxylic acids is 2. The molecule has 0 bridgehead atoms. The summed E-state index contributed by atoms with van der Waals surface area (Å²) in [5, 5.41) is 12.1. The molecule has 10 heteroatoms. The summed E-state index contributed by atoms with van der Waals surface area (Å²) in [5.41, 5.74) is 1.94. The normalized spacial score (nSPS) is 13.1. The molecule has 0 spiro atoms. The number of aryl methyl sites for hydroxylation is 1. The monoisotopic (exact) mass is 433 g/mol. The van der Waals surface area contributed by atoms with E-state index in [1.54, 1.807) is 20.8 Å². The predicted molar refractivity (Wildman–Crippen MR) is 114 cm³/mol. The standard InChI is InChI=1S/C19H23N5O3S2/c1-8-12(10(3)25)9(2)20-13(8)14(26)11(4)28-18-23-24-16(27)15(19(5,6)7)21-22-17(24)29-18/h11,20H,1-7H3/t11-/m1/s1. The summed E-state index contributed by atoms with van der Waals surface area (Å²) in [7, 11) is 0. The molecule has 0 saturated carbocycles. The van der Waals surface area contributed by atoms with Crippen molar-refractivity contribution in [3.8, 4) is 0 Å². The van der Waals surface area contributed by atoms with Crippen molar-refractivity contribution in [2.45, 2.75) is 63.5 Å². The number of H-pyrrole nitrogens is 1. The number of nitrogens with one attached hydrogen (secondary N) is 1. The van der Waals surface area contributed by atoms with Crippen LogP contribution in [0.4, 0.5) is 0 Å². The van der Waals surface area contributed by atoms with Gasteiger partial charge in [0.05, 0.1) is 10.9 Å². The van der Waals surface area contributed by atoms with E-state index in [9.17, 15) is 14.4 Å². The maximum Gasteiger partial charge on any atom is 0.297 e.